The number of benzene rings is 2. The summed E-state index contributed by atoms with van der Waals surface area (Å²) >= 11 is 0. The highest BCUT2D eigenvalue weighted by atomic mass is 32.2. The topological polar surface area (TPSA) is 121 Å². The fraction of sp³-hybridized carbons (Fsp3) is 0.235. The van der Waals surface area contributed by atoms with Crippen molar-refractivity contribution in [2.24, 2.45) is 0 Å². The molecular weight excluding hydrogens is 348 g/mol. The zero-order valence-electron chi connectivity index (χ0n) is 13.5. The van der Waals surface area contributed by atoms with Gasteiger partial charge >= 0.3 is 5.97 Å². The lowest BCUT2D eigenvalue weighted by molar-refractivity contribution is -0.130. The number of hydrogen-bond donors (Lipinski definition) is 3. The van der Waals surface area contributed by atoms with Crippen molar-refractivity contribution in [3.8, 4) is 0 Å². The first-order chi connectivity index (χ1) is 11.8. The minimum absolute atomic E-state index is 0.0741. The van der Waals surface area contributed by atoms with Crippen LogP contribution in [0.15, 0.2) is 65.6 Å². The third-order valence-corrected chi connectivity index (χ3v) is 3.89. The number of aliphatic hydroxyl groups is 2. The maximum atomic E-state index is 11.4. The van der Waals surface area contributed by atoms with Gasteiger partial charge in [0.25, 0.3) is 10.1 Å². The molecule has 0 saturated heterocycles. The molecule has 0 bridgehead atoms. The zero-order valence-corrected chi connectivity index (χ0v) is 14.3. The molecule has 0 fully saturated rings. The van der Waals surface area contributed by atoms with Gasteiger partial charge < -0.3 is 14.9 Å². The van der Waals surface area contributed by atoms with Gasteiger partial charge in [-0.2, -0.15) is 8.42 Å². The lowest BCUT2D eigenvalue weighted by atomic mass is 10.2. The van der Waals surface area contributed by atoms with E-state index in [1.54, 1.807) is 55.5 Å². The molecule has 0 spiro atoms. The third kappa shape index (κ3) is 7.44. The Morgan fingerprint density at radius 3 is 1.88 bits per heavy atom. The number of rotatable bonds is 5. The van der Waals surface area contributed by atoms with E-state index in [1.807, 2.05) is 0 Å². The highest BCUT2D eigenvalue weighted by molar-refractivity contribution is 7.85. The van der Waals surface area contributed by atoms with E-state index < -0.39 is 28.5 Å². The molecule has 0 aromatic heterocycles. The van der Waals surface area contributed by atoms with E-state index >= 15 is 0 Å². The Morgan fingerprint density at radius 1 is 1.00 bits per heavy atom. The first-order valence-electron chi connectivity index (χ1n) is 7.40. The Hall–Kier alpha value is -2.26. The van der Waals surface area contributed by atoms with Gasteiger partial charge in [0, 0.05) is 0 Å². The van der Waals surface area contributed by atoms with E-state index in [2.05, 4.69) is 4.74 Å². The predicted molar refractivity (Wildman–Crippen MR) is 90.4 cm³/mol. The van der Waals surface area contributed by atoms with Gasteiger partial charge in [0.1, 0.15) is 6.10 Å². The van der Waals surface area contributed by atoms with Crippen LogP contribution in [0.4, 0.5) is 0 Å². The largest absolute Gasteiger partial charge is 0.429 e. The van der Waals surface area contributed by atoms with E-state index in [4.69, 9.17) is 4.55 Å². The van der Waals surface area contributed by atoms with Gasteiger partial charge in [0.2, 0.25) is 6.29 Å². The standard InChI is InChI=1S/C11H14O4.C6H6O3S/c1-2-9(12)11(14)15-10(13)8-6-4-3-5-7-8;7-10(8,9)6-4-2-1-3-5-6/h3-7,9,11-12,14H,2H2,1H3;1-5H,(H,7,8,9). The Balaban J connectivity index is 0.000000271. The molecule has 7 nitrogen and oxygen atoms in total. The molecule has 0 radical (unpaired) electrons. The van der Waals surface area contributed by atoms with Crippen LogP contribution in [0.5, 0.6) is 0 Å². The molecule has 8 heteroatoms. The van der Waals surface area contributed by atoms with Crippen LogP contribution >= 0.6 is 0 Å². The van der Waals surface area contributed by atoms with Crippen molar-refractivity contribution in [1.82, 2.24) is 0 Å². The number of carbonyl (C=O) groups excluding carboxylic acids is 1. The average molecular weight is 368 g/mol. The number of hydrogen-bond acceptors (Lipinski definition) is 6. The molecule has 0 saturated carbocycles. The maximum Gasteiger partial charge on any atom is 0.340 e. The Labute approximate surface area is 146 Å². The van der Waals surface area contributed by atoms with Crippen LogP contribution in [0.2, 0.25) is 0 Å². The lowest BCUT2D eigenvalue weighted by Crippen LogP contribution is -2.30. The molecule has 2 rings (SSSR count). The van der Waals surface area contributed by atoms with Gasteiger partial charge in [0.15, 0.2) is 0 Å². The number of esters is 1. The molecule has 3 N–H and O–H groups in total. The van der Waals surface area contributed by atoms with Crippen LogP contribution in [-0.2, 0) is 14.9 Å². The summed E-state index contributed by atoms with van der Waals surface area (Å²) in [5, 5.41) is 18.5. The molecule has 2 unspecified atom stereocenters. The summed E-state index contributed by atoms with van der Waals surface area (Å²) in [5.41, 5.74) is 0.347. The van der Waals surface area contributed by atoms with Crippen LogP contribution in [0.3, 0.4) is 0 Å². The van der Waals surface area contributed by atoms with Crippen LogP contribution < -0.4 is 0 Å². The monoisotopic (exact) mass is 368 g/mol. The van der Waals surface area contributed by atoms with Gasteiger partial charge in [-0.3, -0.25) is 4.55 Å². The molecule has 2 aromatic carbocycles. The van der Waals surface area contributed by atoms with Gasteiger partial charge in [-0.25, -0.2) is 4.79 Å². The van der Waals surface area contributed by atoms with Crippen molar-refractivity contribution >= 4 is 16.1 Å². The normalized spacial score (nSPS) is 13.1. The molecule has 2 atom stereocenters. The summed E-state index contributed by atoms with van der Waals surface area (Å²) in [4.78, 5) is 11.3. The van der Waals surface area contributed by atoms with Gasteiger partial charge in [0.05, 0.1) is 10.5 Å². The molecule has 0 aliphatic heterocycles. The van der Waals surface area contributed by atoms with Crippen molar-refractivity contribution in [2.75, 3.05) is 0 Å². The van der Waals surface area contributed by atoms with E-state index in [-0.39, 0.29) is 4.90 Å². The smallest absolute Gasteiger partial charge is 0.340 e. The Kier molecular flexibility index (Phi) is 8.23. The van der Waals surface area contributed by atoms with Crippen molar-refractivity contribution in [3.63, 3.8) is 0 Å². The minimum atomic E-state index is -4.00. The second kappa shape index (κ2) is 9.90. The first kappa shape index (κ1) is 20.8. The molecule has 2 aromatic rings. The van der Waals surface area contributed by atoms with Crippen LogP contribution in [0.25, 0.3) is 0 Å². The number of carbonyl (C=O) groups is 1. The van der Waals surface area contributed by atoms with Crippen molar-refractivity contribution < 1.29 is 32.7 Å². The zero-order chi connectivity index (χ0) is 18.9. The Bertz CT molecular complexity index is 745. The summed E-state index contributed by atoms with van der Waals surface area (Å²) in [5.74, 6) is -0.643. The second-order valence-corrected chi connectivity index (χ2v) is 6.35. The van der Waals surface area contributed by atoms with Crippen molar-refractivity contribution in [2.45, 2.75) is 30.6 Å². The molecule has 136 valence electrons. The molecule has 0 aliphatic rings. The van der Waals surface area contributed by atoms with Crippen LogP contribution in [-0.4, -0.2) is 41.5 Å². The van der Waals surface area contributed by atoms with Crippen LogP contribution in [0, 0.1) is 0 Å². The van der Waals surface area contributed by atoms with Gasteiger partial charge in [-0.15, -0.1) is 0 Å². The minimum Gasteiger partial charge on any atom is -0.429 e. The third-order valence-electron chi connectivity index (χ3n) is 3.03. The van der Waals surface area contributed by atoms with E-state index in [0.717, 1.165) is 0 Å². The molecule has 0 aliphatic carbocycles. The van der Waals surface area contributed by atoms with E-state index in [1.165, 1.54) is 12.1 Å². The van der Waals surface area contributed by atoms with Crippen molar-refractivity contribution in [1.29, 1.82) is 0 Å². The maximum absolute atomic E-state index is 11.4. The summed E-state index contributed by atoms with van der Waals surface area (Å²) in [6.07, 6.45) is -2.19. The summed E-state index contributed by atoms with van der Waals surface area (Å²) in [6.45, 7) is 1.68. The predicted octanol–water partition coefficient (Wildman–Crippen LogP) is 1.87. The SMILES string of the molecule is CCC(O)C(O)OC(=O)c1ccccc1.O=S(=O)(O)c1ccccc1. The molecule has 0 amide bonds. The Morgan fingerprint density at radius 2 is 1.48 bits per heavy atom. The average Bonchev–Trinajstić information content (AvgIpc) is 2.62. The van der Waals surface area contributed by atoms with Gasteiger partial charge in [-0.1, -0.05) is 43.3 Å². The van der Waals surface area contributed by atoms with Crippen molar-refractivity contribution in [3.05, 3.63) is 66.2 Å². The fourth-order valence-electron chi connectivity index (χ4n) is 1.62. The highest BCUT2D eigenvalue weighted by Gasteiger charge is 2.19. The summed E-state index contributed by atoms with van der Waals surface area (Å²) in [7, 11) is -4.00. The summed E-state index contributed by atoms with van der Waals surface area (Å²) < 4.78 is 33.9. The van der Waals surface area contributed by atoms with Gasteiger partial charge in [-0.05, 0) is 30.7 Å². The second-order valence-electron chi connectivity index (χ2n) is 4.93. The number of aliphatic hydroxyl groups excluding tert-OH is 2. The molecule has 0 heterocycles. The molecular formula is C17H20O7S. The highest BCUT2D eigenvalue weighted by Crippen LogP contribution is 2.06. The quantitative estimate of drug-likeness (QED) is 0.418. The van der Waals surface area contributed by atoms with E-state index in [0.29, 0.717) is 12.0 Å². The fourth-order valence-corrected chi connectivity index (χ4v) is 2.13. The lowest BCUT2D eigenvalue weighted by Gasteiger charge is -2.16. The number of ether oxygens (including phenoxy) is 1. The first-order valence-corrected chi connectivity index (χ1v) is 8.84. The molecule has 25 heavy (non-hydrogen) atoms. The van der Waals surface area contributed by atoms with Crippen LogP contribution in [0.1, 0.15) is 23.7 Å². The summed E-state index contributed by atoms with van der Waals surface area (Å²) in [6, 6.07) is 15.7. The van der Waals surface area contributed by atoms with E-state index in [9.17, 15) is 23.4 Å².